The van der Waals surface area contributed by atoms with Crippen molar-refractivity contribution in [1.29, 1.82) is 0 Å². The third kappa shape index (κ3) is 1.50. The third-order valence-corrected chi connectivity index (χ3v) is 2.66. The molecule has 82 valence electrons. The summed E-state index contributed by atoms with van der Waals surface area (Å²) >= 11 is 0. The first-order valence-electron chi connectivity index (χ1n) is 5.32. The summed E-state index contributed by atoms with van der Waals surface area (Å²) < 4.78 is 0. The average molecular weight is 215 g/mol. The molecule has 1 aliphatic heterocycles. The van der Waals surface area contributed by atoms with Crippen LogP contribution in [0.15, 0.2) is 23.5 Å². The summed E-state index contributed by atoms with van der Waals surface area (Å²) in [7, 11) is 0. The fraction of sp³-hybridized carbons (Fsp3) is 0.273. The lowest BCUT2D eigenvalue weighted by Gasteiger charge is -2.07. The van der Waals surface area contributed by atoms with Crippen LogP contribution in [0.4, 0.5) is 5.69 Å². The molecule has 1 aromatic carbocycles. The molecular formula is C11H13N5. The fourth-order valence-corrected chi connectivity index (χ4v) is 1.92. The van der Waals surface area contributed by atoms with Crippen molar-refractivity contribution < 1.29 is 0 Å². The number of aryl methyl sites for hydroxylation is 1. The molecule has 2 heterocycles. The highest BCUT2D eigenvalue weighted by atomic mass is 15.2. The zero-order valence-corrected chi connectivity index (χ0v) is 9.04. The van der Waals surface area contributed by atoms with Gasteiger partial charge in [0.15, 0.2) is 5.96 Å². The van der Waals surface area contributed by atoms with E-state index in [0.717, 1.165) is 35.8 Å². The van der Waals surface area contributed by atoms with E-state index in [2.05, 4.69) is 38.6 Å². The van der Waals surface area contributed by atoms with Gasteiger partial charge in [-0.15, -0.1) is 0 Å². The highest BCUT2D eigenvalue weighted by Crippen LogP contribution is 2.20. The largest absolute Gasteiger partial charge is 0.354 e. The minimum atomic E-state index is 0.839. The Bertz CT molecular complexity index is 555. The Morgan fingerprint density at radius 2 is 2.31 bits per heavy atom. The standard InChI is InChI=1S/C11H13N5/c1-7-4-8(16-11-12-2-3-13-11)5-9-10(7)15-6-14-9/h4-6H,2-3H2,1H3,(H,14,15)(H2,12,13,16). The maximum Gasteiger partial charge on any atom is 0.195 e. The summed E-state index contributed by atoms with van der Waals surface area (Å²) in [6, 6.07) is 4.10. The molecule has 5 nitrogen and oxygen atoms in total. The smallest absolute Gasteiger partial charge is 0.195 e. The molecule has 0 atom stereocenters. The van der Waals surface area contributed by atoms with Gasteiger partial charge in [-0.25, -0.2) is 4.98 Å². The van der Waals surface area contributed by atoms with Crippen LogP contribution < -0.4 is 10.6 Å². The molecule has 0 bridgehead atoms. The van der Waals surface area contributed by atoms with E-state index in [1.165, 1.54) is 5.56 Å². The van der Waals surface area contributed by atoms with Crippen molar-refractivity contribution in [3.63, 3.8) is 0 Å². The van der Waals surface area contributed by atoms with Gasteiger partial charge < -0.3 is 15.6 Å². The predicted molar refractivity (Wildman–Crippen MR) is 64.8 cm³/mol. The molecule has 0 saturated heterocycles. The van der Waals surface area contributed by atoms with Crippen LogP contribution in [-0.4, -0.2) is 29.0 Å². The summed E-state index contributed by atoms with van der Waals surface area (Å²) in [5.74, 6) is 0.842. The van der Waals surface area contributed by atoms with E-state index >= 15 is 0 Å². The topological polar surface area (TPSA) is 65.1 Å². The second-order valence-electron chi connectivity index (χ2n) is 3.87. The molecule has 1 aliphatic rings. The van der Waals surface area contributed by atoms with Crippen LogP contribution in [0.5, 0.6) is 0 Å². The van der Waals surface area contributed by atoms with Gasteiger partial charge in [0.2, 0.25) is 0 Å². The summed E-state index contributed by atoms with van der Waals surface area (Å²) in [5.41, 5.74) is 4.26. The Hall–Kier alpha value is -2.04. The summed E-state index contributed by atoms with van der Waals surface area (Å²) in [6.07, 6.45) is 1.72. The average Bonchev–Trinajstić information content (AvgIpc) is 2.87. The number of aromatic nitrogens is 2. The lowest BCUT2D eigenvalue weighted by molar-refractivity contribution is 0.959. The van der Waals surface area contributed by atoms with Gasteiger partial charge in [0.25, 0.3) is 0 Å². The van der Waals surface area contributed by atoms with Crippen molar-refractivity contribution in [3.8, 4) is 0 Å². The van der Waals surface area contributed by atoms with E-state index in [0.29, 0.717) is 0 Å². The summed E-state index contributed by atoms with van der Waals surface area (Å²) in [6.45, 7) is 3.81. The molecule has 2 aromatic rings. The number of imidazole rings is 1. The van der Waals surface area contributed by atoms with Crippen LogP contribution >= 0.6 is 0 Å². The van der Waals surface area contributed by atoms with Crippen molar-refractivity contribution >= 4 is 22.7 Å². The van der Waals surface area contributed by atoms with Gasteiger partial charge in [-0.1, -0.05) is 0 Å². The number of hydrogen-bond donors (Lipinski definition) is 3. The first-order valence-corrected chi connectivity index (χ1v) is 5.32. The van der Waals surface area contributed by atoms with Crippen LogP contribution in [0.1, 0.15) is 5.56 Å². The van der Waals surface area contributed by atoms with Crippen molar-refractivity contribution in [1.82, 2.24) is 15.3 Å². The molecule has 0 fully saturated rings. The zero-order valence-electron chi connectivity index (χ0n) is 9.04. The van der Waals surface area contributed by atoms with Gasteiger partial charge in [-0.2, -0.15) is 0 Å². The van der Waals surface area contributed by atoms with E-state index in [-0.39, 0.29) is 0 Å². The molecule has 0 radical (unpaired) electrons. The molecular weight excluding hydrogens is 202 g/mol. The maximum atomic E-state index is 4.29. The van der Waals surface area contributed by atoms with Gasteiger partial charge >= 0.3 is 0 Å². The monoisotopic (exact) mass is 215 g/mol. The zero-order chi connectivity index (χ0) is 11.0. The molecule has 5 heteroatoms. The molecule has 3 rings (SSSR count). The number of fused-ring (bicyclic) bond motifs is 1. The van der Waals surface area contributed by atoms with Gasteiger partial charge in [0.1, 0.15) is 0 Å². The fourth-order valence-electron chi connectivity index (χ4n) is 1.92. The Balaban J connectivity index is 1.97. The van der Waals surface area contributed by atoms with Crippen molar-refractivity contribution in [2.45, 2.75) is 6.92 Å². The number of guanidine groups is 1. The number of rotatable bonds is 1. The van der Waals surface area contributed by atoms with Crippen LogP contribution in [0.3, 0.4) is 0 Å². The highest BCUT2D eigenvalue weighted by molar-refractivity contribution is 5.96. The van der Waals surface area contributed by atoms with E-state index in [4.69, 9.17) is 0 Å². The molecule has 3 N–H and O–H groups in total. The molecule has 16 heavy (non-hydrogen) atoms. The Morgan fingerprint density at radius 1 is 1.38 bits per heavy atom. The second-order valence-corrected chi connectivity index (χ2v) is 3.87. The lowest BCUT2D eigenvalue weighted by Crippen LogP contribution is -2.26. The Morgan fingerprint density at radius 3 is 3.12 bits per heavy atom. The SMILES string of the molecule is Cc1cc(NC2=NCCN2)cc2nc[nH]c12. The highest BCUT2D eigenvalue weighted by Gasteiger charge is 2.07. The van der Waals surface area contributed by atoms with E-state index in [1.807, 2.05) is 6.07 Å². The minimum absolute atomic E-state index is 0.839. The Kier molecular flexibility index (Phi) is 2.02. The molecule has 0 saturated carbocycles. The minimum Gasteiger partial charge on any atom is -0.354 e. The Labute approximate surface area is 93.0 Å². The number of anilines is 1. The maximum absolute atomic E-state index is 4.29. The third-order valence-electron chi connectivity index (χ3n) is 2.66. The first-order chi connectivity index (χ1) is 7.83. The number of nitrogens with one attached hydrogen (secondary N) is 3. The van der Waals surface area contributed by atoms with Crippen LogP contribution in [0, 0.1) is 6.92 Å². The molecule has 0 amide bonds. The van der Waals surface area contributed by atoms with Crippen LogP contribution in [0.25, 0.3) is 11.0 Å². The molecule has 0 unspecified atom stereocenters. The second kappa shape index (κ2) is 3.52. The van der Waals surface area contributed by atoms with Gasteiger partial charge in [-0.3, -0.25) is 4.99 Å². The quantitative estimate of drug-likeness (QED) is 0.670. The van der Waals surface area contributed by atoms with Crippen molar-refractivity contribution in [3.05, 3.63) is 24.0 Å². The number of benzene rings is 1. The number of nitrogens with zero attached hydrogens (tertiary/aromatic N) is 2. The summed E-state index contributed by atoms with van der Waals surface area (Å²) in [4.78, 5) is 11.7. The summed E-state index contributed by atoms with van der Waals surface area (Å²) in [5, 5.41) is 6.43. The van der Waals surface area contributed by atoms with E-state index < -0.39 is 0 Å². The normalized spacial score (nSPS) is 14.9. The van der Waals surface area contributed by atoms with Gasteiger partial charge in [0.05, 0.1) is 23.9 Å². The van der Waals surface area contributed by atoms with Crippen molar-refractivity contribution in [2.24, 2.45) is 4.99 Å². The lowest BCUT2D eigenvalue weighted by atomic mass is 10.2. The van der Waals surface area contributed by atoms with Gasteiger partial charge in [-0.05, 0) is 24.6 Å². The van der Waals surface area contributed by atoms with E-state index in [9.17, 15) is 0 Å². The number of aromatic amines is 1. The first kappa shape index (κ1) is 9.21. The van der Waals surface area contributed by atoms with Crippen LogP contribution in [0.2, 0.25) is 0 Å². The number of aliphatic imine (C=N–C) groups is 1. The molecule has 0 spiro atoms. The van der Waals surface area contributed by atoms with Crippen LogP contribution in [-0.2, 0) is 0 Å². The van der Waals surface area contributed by atoms with Gasteiger partial charge in [0, 0.05) is 12.2 Å². The predicted octanol–water partition coefficient (Wildman–Crippen LogP) is 1.24. The number of hydrogen-bond acceptors (Lipinski definition) is 4. The molecule has 1 aromatic heterocycles. The van der Waals surface area contributed by atoms with Crippen molar-refractivity contribution in [2.75, 3.05) is 18.4 Å². The molecule has 0 aliphatic carbocycles. The van der Waals surface area contributed by atoms with E-state index in [1.54, 1.807) is 6.33 Å². The number of H-pyrrole nitrogens is 1.